The van der Waals surface area contributed by atoms with Crippen molar-refractivity contribution in [3.8, 4) is 0 Å². The minimum Gasteiger partial charge on any atom is -0.341 e. The Labute approximate surface area is 138 Å². The van der Waals surface area contributed by atoms with Crippen LogP contribution in [0.25, 0.3) is 0 Å². The number of aliphatic imine (C=N–C) groups is 1. The van der Waals surface area contributed by atoms with Crippen LogP contribution in [0.2, 0.25) is 5.02 Å². The van der Waals surface area contributed by atoms with E-state index >= 15 is 0 Å². The molecule has 1 N–H and O–H groups in total. The highest BCUT2D eigenvalue weighted by Gasteiger charge is 2.29. The second-order valence-electron chi connectivity index (χ2n) is 5.31. The first-order valence-electron chi connectivity index (χ1n) is 7.27. The lowest BCUT2D eigenvalue weighted by Gasteiger charge is -2.31. The Morgan fingerprint density at radius 1 is 1.35 bits per heavy atom. The molecule has 1 aromatic carbocycles. The van der Waals surface area contributed by atoms with E-state index in [4.69, 9.17) is 11.6 Å². The molecule has 0 aliphatic carbocycles. The van der Waals surface area contributed by atoms with Crippen LogP contribution in [0.3, 0.4) is 0 Å². The van der Waals surface area contributed by atoms with Crippen LogP contribution in [-0.2, 0) is 0 Å². The van der Waals surface area contributed by atoms with Gasteiger partial charge >= 0.3 is 0 Å². The first kappa shape index (κ1) is 14.0. The Balaban J connectivity index is 1.74. The van der Waals surface area contributed by atoms with Gasteiger partial charge in [0.15, 0.2) is 5.78 Å². The predicted octanol–water partition coefficient (Wildman–Crippen LogP) is 2.95. The fraction of sp³-hybridized carbons (Fsp3) is 0.118. The number of pyridine rings is 1. The van der Waals surface area contributed by atoms with Crippen LogP contribution in [0.1, 0.15) is 15.9 Å². The fourth-order valence-electron chi connectivity index (χ4n) is 2.76. The van der Waals surface area contributed by atoms with Gasteiger partial charge in [0.2, 0.25) is 0 Å². The molecule has 0 saturated heterocycles. The molecule has 0 bridgehead atoms. The molecule has 4 rings (SSSR count). The second kappa shape index (κ2) is 5.52. The molecule has 23 heavy (non-hydrogen) atoms. The standard InChI is InChI=1S/C17H13ClN4O/c18-12-3-4-14-13(8-12)17-20-6-7-22(17)16(21-14)9-15(23)11-2-1-5-19-10-11/h1-5,8-10,21H,6-7H2. The monoisotopic (exact) mass is 324 g/mol. The van der Waals surface area contributed by atoms with Gasteiger partial charge in [-0.25, -0.2) is 0 Å². The van der Waals surface area contributed by atoms with Crippen molar-refractivity contribution in [1.82, 2.24) is 9.88 Å². The van der Waals surface area contributed by atoms with Gasteiger partial charge in [-0.05, 0) is 30.3 Å². The largest absolute Gasteiger partial charge is 0.341 e. The number of benzene rings is 1. The number of nitrogens with zero attached hydrogens (tertiary/aromatic N) is 3. The maximum Gasteiger partial charge on any atom is 0.191 e. The van der Waals surface area contributed by atoms with Crippen LogP contribution in [0.15, 0.2) is 59.6 Å². The molecule has 0 unspecified atom stereocenters. The summed E-state index contributed by atoms with van der Waals surface area (Å²) in [7, 11) is 0. The molecule has 0 radical (unpaired) electrons. The summed E-state index contributed by atoms with van der Waals surface area (Å²) in [6, 6.07) is 9.11. The lowest BCUT2D eigenvalue weighted by molar-refractivity contribution is 0.104. The highest BCUT2D eigenvalue weighted by atomic mass is 35.5. The van der Waals surface area contributed by atoms with Crippen LogP contribution >= 0.6 is 11.6 Å². The number of fused-ring (bicyclic) bond motifs is 3. The molecule has 6 heteroatoms. The van der Waals surface area contributed by atoms with Crippen molar-refractivity contribution in [2.24, 2.45) is 4.99 Å². The molecule has 2 aliphatic rings. The summed E-state index contributed by atoms with van der Waals surface area (Å²) >= 11 is 6.09. The zero-order valence-electron chi connectivity index (χ0n) is 12.2. The highest BCUT2D eigenvalue weighted by molar-refractivity contribution is 6.31. The summed E-state index contributed by atoms with van der Waals surface area (Å²) in [5.74, 6) is 1.49. The molecule has 3 heterocycles. The summed E-state index contributed by atoms with van der Waals surface area (Å²) in [6.07, 6.45) is 4.80. The zero-order chi connectivity index (χ0) is 15.8. The number of anilines is 1. The van der Waals surface area contributed by atoms with E-state index in [0.29, 0.717) is 17.1 Å². The van der Waals surface area contributed by atoms with Gasteiger partial charge in [-0.1, -0.05) is 11.6 Å². The van der Waals surface area contributed by atoms with Crippen LogP contribution < -0.4 is 5.32 Å². The molecular formula is C17H13ClN4O. The van der Waals surface area contributed by atoms with Gasteiger partial charge in [-0.2, -0.15) is 0 Å². The third-order valence-corrected chi connectivity index (χ3v) is 4.07. The second-order valence-corrected chi connectivity index (χ2v) is 5.74. The van der Waals surface area contributed by atoms with Crippen molar-refractivity contribution >= 4 is 28.9 Å². The van der Waals surface area contributed by atoms with E-state index in [2.05, 4.69) is 15.3 Å². The number of aromatic nitrogens is 1. The molecular weight excluding hydrogens is 312 g/mol. The fourth-order valence-corrected chi connectivity index (χ4v) is 2.93. The Morgan fingerprint density at radius 3 is 3.09 bits per heavy atom. The molecule has 0 atom stereocenters. The minimum atomic E-state index is -0.0933. The first-order chi connectivity index (χ1) is 11.2. The van der Waals surface area contributed by atoms with Gasteiger partial charge < -0.3 is 10.2 Å². The van der Waals surface area contributed by atoms with Crippen LogP contribution in [-0.4, -0.2) is 34.6 Å². The number of hydrogen-bond donors (Lipinski definition) is 1. The van der Waals surface area contributed by atoms with E-state index in [1.807, 2.05) is 23.1 Å². The van der Waals surface area contributed by atoms with E-state index < -0.39 is 0 Å². The van der Waals surface area contributed by atoms with Crippen LogP contribution in [0.5, 0.6) is 0 Å². The Kier molecular flexibility index (Phi) is 3.35. The predicted molar refractivity (Wildman–Crippen MR) is 89.8 cm³/mol. The van der Waals surface area contributed by atoms with Gasteiger partial charge in [-0.15, -0.1) is 0 Å². The average molecular weight is 325 g/mol. The molecule has 5 nitrogen and oxygen atoms in total. The molecule has 0 saturated carbocycles. The SMILES string of the molecule is O=C(C=C1Nc2ccc(Cl)cc2C2=NCCN12)c1cccnc1. The van der Waals surface area contributed by atoms with Gasteiger partial charge in [0.25, 0.3) is 0 Å². The van der Waals surface area contributed by atoms with Crippen molar-refractivity contribution in [1.29, 1.82) is 0 Å². The van der Waals surface area contributed by atoms with Crippen molar-refractivity contribution in [3.05, 3.63) is 70.8 Å². The maximum atomic E-state index is 12.4. The summed E-state index contributed by atoms with van der Waals surface area (Å²) in [4.78, 5) is 23.0. The number of carbonyl (C=O) groups excluding carboxylic acids is 1. The van der Waals surface area contributed by atoms with Crippen molar-refractivity contribution in [2.75, 3.05) is 18.4 Å². The van der Waals surface area contributed by atoms with Crippen molar-refractivity contribution in [3.63, 3.8) is 0 Å². The summed E-state index contributed by atoms with van der Waals surface area (Å²) in [6.45, 7) is 1.43. The van der Waals surface area contributed by atoms with E-state index in [1.165, 1.54) is 0 Å². The number of ketones is 1. The van der Waals surface area contributed by atoms with Crippen molar-refractivity contribution < 1.29 is 4.79 Å². The molecule has 0 spiro atoms. The molecule has 0 fully saturated rings. The number of amidine groups is 1. The lowest BCUT2D eigenvalue weighted by Crippen LogP contribution is -2.36. The highest BCUT2D eigenvalue weighted by Crippen LogP contribution is 2.31. The van der Waals surface area contributed by atoms with Gasteiger partial charge in [0, 0.05) is 41.2 Å². The third kappa shape index (κ3) is 2.49. The number of rotatable bonds is 2. The average Bonchev–Trinajstić information content (AvgIpc) is 3.06. The Bertz CT molecular complexity index is 845. The first-order valence-corrected chi connectivity index (χ1v) is 7.65. The normalized spacial score (nSPS) is 17.3. The summed E-state index contributed by atoms with van der Waals surface area (Å²) in [5.41, 5.74) is 2.42. The van der Waals surface area contributed by atoms with Gasteiger partial charge in [0.05, 0.1) is 12.2 Å². The molecule has 114 valence electrons. The minimum absolute atomic E-state index is 0.0933. The van der Waals surface area contributed by atoms with Gasteiger partial charge in [0.1, 0.15) is 11.7 Å². The Morgan fingerprint density at radius 2 is 2.26 bits per heavy atom. The van der Waals surface area contributed by atoms with Crippen molar-refractivity contribution in [2.45, 2.75) is 0 Å². The number of hydrogen-bond acceptors (Lipinski definition) is 5. The van der Waals surface area contributed by atoms with E-state index in [9.17, 15) is 4.79 Å². The van der Waals surface area contributed by atoms with E-state index in [1.54, 1.807) is 30.6 Å². The maximum absolute atomic E-state index is 12.4. The third-order valence-electron chi connectivity index (χ3n) is 3.83. The van der Waals surface area contributed by atoms with E-state index in [-0.39, 0.29) is 5.78 Å². The quantitative estimate of drug-likeness (QED) is 0.681. The van der Waals surface area contributed by atoms with Crippen LogP contribution in [0.4, 0.5) is 5.69 Å². The topological polar surface area (TPSA) is 57.6 Å². The van der Waals surface area contributed by atoms with Gasteiger partial charge in [-0.3, -0.25) is 14.8 Å². The zero-order valence-corrected chi connectivity index (χ0v) is 12.9. The summed E-state index contributed by atoms with van der Waals surface area (Å²) < 4.78 is 0. The molecule has 1 aromatic heterocycles. The number of nitrogens with one attached hydrogen (secondary N) is 1. The smallest absolute Gasteiger partial charge is 0.191 e. The molecule has 2 aliphatic heterocycles. The summed E-state index contributed by atoms with van der Waals surface area (Å²) in [5, 5.41) is 3.97. The number of carbonyl (C=O) groups is 1. The molecule has 2 aromatic rings. The van der Waals surface area contributed by atoms with E-state index in [0.717, 1.165) is 29.5 Å². The number of halogens is 1. The lowest BCUT2D eigenvalue weighted by atomic mass is 10.1. The Hall–Kier alpha value is -2.66. The number of allylic oxidation sites excluding steroid dienone is 1. The molecule has 0 amide bonds. The van der Waals surface area contributed by atoms with Crippen LogP contribution in [0, 0.1) is 0 Å².